The van der Waals surface area contributed by atoms with Gasteiger partial charge in [-0.2, -0.15) is 0 Å². The highest BCUT2D eigenvalue weighted by atomic mass is 35.5. The van der Waals surface area contributed by atoms with Crippen molar-refractivity contribution < 1.29 is 29.5 Å². The number of aromatic hydroxyl groups is 1. The summed E-state index contributed by atoms with van der Waals surface area (Å²) in [4.78, 5) is 33.1. The minimum Gasteiger partial charge on any atom is -0.508 e. The van der Waals surface area contributed by atoms with Gasteiger partial charge < -0.3 is 19.9 Å². The van der Waals surface area contributed by atoms with Crippen LogP contribution in [0.2, 0.25) is 11.3 Å². The third kappa shape index (κ3) is 5.29. The van der Waals surface area contributed by atoms with Gasteiger partial charge in [-0.15, -0.1) is 0 Å². The van der Waals surface area contributed by atoms with Crippen LogP contribution in [-0.2, 0) is 14.2 Å². The topological polar surface area (TPSA) is 120 Å². The maximum Gasteiger partial charge on any atom is 0.455 e. The number of hydrogen-bond acceptors (Lipinski definition) is 7. The van der Waals surface area contributed by atoms with Gasteiger partial charge in [0.15, 0.2) is 0 Å². The third-order valence-corrected chi connectivity index (χ3v) is 8.82. The zero-order valence-corrected chi connectivity index (χ0v) is 23.5. The Kier molecular flexibility index (Phi) is 8.01. The Hall–Kier alpha value is -3.76. The van der Waals surface area contributed by atoms with Crippen LogP contribution in [0.1, 0.15) is 30.5 Å². The summed E-state index contributed by atoms with van der Waals surface area (Å²) >= 11 is 6.41. The number of benzene rings is 2. The number of nitrogens with zero attached hydrogens (tertiary/aromatic N) is 2. The van der Waals surface area contributed by atoms with Crippen molar-refractivity contribution in [2.24, 2.45) is 17.8 Å². The molecule has 42 heavy (non-hydrogen) atoms. The molecule has 0 bridgehead atoms. The highest BCUT2D eigenvalue weighted by Gasteiger charge is 2.57. The van der Waals surface area contributed by atoms with E-state index in [0.29, 0.717) is 34.7 Å². The number of rotatable bonds is 7. The molecule has 6 rings (SSSR count). The molecular weight excluding hydrogens is 555 g/mol. The van der Waals surface area contributed by atoms with Gasteiger partial charge >= 0.3 is 7.12 Å². The summed E-state index contributed by atoms with van der Waals surface area (Å²) in [5.74, 6) is -2.15. The lowest BCUT2D eigenvalue weighted by atomic mass is 9.58. The Morgan fingerprint density at radius 1 is 1.07 bits per heavy atom. The number of aliphatic hydroxyl groups excluding tert-OH is 1. The van der Waals surface area contributed by atoms with Gasteiger partial charge in [0.05, 0.1) is 41.0 Å². The number of carbonyl (C=O) groups is 2. The second-order valence-electron chi connectivity index (χ2n) is 11.0. The number of phenols is 1. The van der Waals surface area contributed by atoms with Gasteiger partial charge in [-0.3, -0.25) is 19.5 Å². The highest BCUT2D eigenvalue weighted by Crippen LogP contribution is 2.51. The van der Waals surface area contributed by atoms with E-state index in [9.17, 15) is 24.8 Å². The molecule has 3 aliphatic rings. The van der Waals surface area contributed by atoms with Gasteiger partial charge in [0.1, 0.15) is 5.75 Å². The molecule has 3 heterocycles. The number of fused-ring (bicyclic) bond motifs is 3. The van der Waals surface area contributed by atoms with E-state index in [1.54, 1.807) is 42.6 Å². The van der Waals surface area contributed by atoms with Gasteiger partial charge in [0, 0.05) is 6.20 Å². The second kappa shape index (κ2) is 11.9. The Morgan fingerprint density at radius 3 is 2.57 bits per heavy atom. The quantitative estimate of drug-likeness (QED) is 0.208. The summed E-state index contributed by atoms with van der Waals surface area (Å²) < 4.78 is 6.06. The minimum atomic E-state index is -1.12. The van der Waals surface area contributed by atoms with Crippen molar-refractivity contribution in [2.45, 2.75) is 31.7 Å². The van der Waals surface area contributed by atoms with Crippen LogP contribution in [0.3, 0.4) is 0 Å². The van der Waals surface area contributed by atoms with Gasteiger partial charge in [0.25, 0.3) is 0 Å². The predicted octanol–water partition coefficient (Wildman–Crippen LogP) is 4.76. The minimum absolute atomic E-state index is 0.0667. The fourth-order valence-corrected chi connectivity index (χ4v) is 6.91. The van der Waals surface area contributed by atoms with E-state index in [0.717, 1.165) is 16.8 Å². The van der Waals surface area contributed by atoms with E-state index in [1.807, 2.05) is 30.3 Å². The molecule has 2 aromatic carbocycles. The summed E-state index contributed by atoms with van der Waals surface area (Å²) in [6, 6.07) is 19.3. The van der Waals surface area contributed by atoms with Crippen molar-refractivity contribution in [3.05, 3.63) is 100 Å². The SMILES string of the molecule is O=C1[C@@H]2[C@@H](CC(CO)=C3[C@@H](CC/C(=C/c4ccc(O)cc4Cl)c4ccccn4)OB(O)C[C@@H]32)C(=O)N1c1ccccc1. The van der Waals surface area contributed by atoms with Gasteiger partial charge in [-0.1, -0.05) is 35.9 Å². The van der Waals surface area contributed by atoms with Crippen LogP contribution >= 0.6 is 11.6 Å². The lowest BCUT2D eigenvalue weighted by Crippen LogP contribution is -2.46. The number of halogens is 1. The molecular formula is C32H30BClN2O6. The average Bonchev–Trinajstić information content (AvgIpc) is 3.25. The number of carbonyl (C=O) groups excluding carboxylic acids is 2. The number of amides is 2. The number of pyridine rings is 1. The van der Waals surface area contributed by atoms with Crippen LogP contribution in [0.4, 0.5) is 5.69 Å². The van der Waals surface area contributed by atoms with Gasteiger partial charge in [-0.05, 0) is 102 Å². The number of anilines is 1. The smallest absolute Gasteiger partial charge is 0.455 e. The van der Waals surface area contributed by atoms with E-state index in [1.165, 1.54) is 11.0 Å². The monoisotopic (exact) mass is 584 g/mol. The molecule has 0 spiro atoms. The molecule has 3 aromatic rings. The number of aromatic nitrogens is 1. The first-order valence-electron chi connectivity index (χ1n) is 14.0. The second-order valence-corrected chi connectivity index (χ2v) is 11.4. The van der Waals surface area contributed by atoms with Crippen LogP contribution in [-0.4, -0.2) is 51.9 Å². The molecule has 2 amide bonds. The zero-order chi connectivity index (χ0) is 29.4. The van der Waals surface area contributed by atoms with Crippen molar-refractivity contribution in [1.82, 2.24) is 4.98 Å². The maximum absolute atomic E-state index is 13.8. The van der Waals surface area contributed by atoms with E-state index in [2.05, 4.69) is 4.98 Å². The first-order chi connectivity index (χ1) is 20.4. The fourth-order valence-electron chi connectivity index (χ4n) is 6.68. The molecule has 8 nitrogen and oxygen atoms in total. The predicted molar refractivity (Wildman–Crippen MR) is 160 cm³/mol. The Balaban J connectivity index is 1.32. The van der Waals surface area contributed by atoms with Crippen molar-refractivity contribution in [1.29, 1.82) is 0 Å². The first kappa shape index (κ1) is 28.4. The lowest BCUT2D eigenvalue weighted by Gasteiger charge is -2.42. The fraction of sp³-hybridized carbons (Fsp3) is 0.281. The molecule has 2 saturated heterocycles. The summed E-state index contributed by atoms with van der Waals surface area (Å²) in [6.07, 6.45) is 4.40. The van der Waals surface area contributed by atoms with Crippen molar-refractivity contribution >= 4 is 47.9 Å². The number of allylic oxidation sites excluding steroid dienone is 1. The average molecular weight is 585 g/mol. The first-order valence-corrected chi connectivity index (χ1v) is 14.4. The zero-order valence-electron chi connectivity index (χ0n) is 22.8. The van der Waals surface area contributed by atoms with Crippen molar-refractivity contribution in [2.75, 3.05) is 11.5 Å². The van der Waals surface area contributed by atoms with E-state index in [-0.39, 0.29) is 36.9 Å². The van der Waals surface area contributed by atoms with Gasteiger partial charge in [-0.25, -0.2) is 0 Å². The maximum atomic E-state index is 13.8. The standard InChI is InChI=1S/C32H30BClN2O6/c34-26-16-23(38)11-9-19(26)14-20(27-8-4-5-13-35-27)10-12-28-29-21(18-37)15-24-30(25(29)17-33(41)42-28)32(40)36(31(24)39)22-6-2-1-3-7-22/h1-9,11,13-14,16,24-25,28,30,37-38,41H,10,12,15,17-18H2/b20-14-/t24-,25+,28-,30-/m1/s1. The van der Waals surface area contributed by atoms with Crippen molar-refractivity contribution in [3.63, 3.8) is 0 Å². The molecule has 0 saturated carbocycles. The summed E-state index contributed by atoms with van der Waals surface area (Å²) in [5.41, 5.74) is 4.35. The molecule has 214 valence electrons. The Morgan fingerprint density at radius 2 is 1.86 bits per heavy atom. The van der Waals surface area contributed by atoms with E-state index in [4.69, 9.17) is 16.3 Å². The molecule has 10 heteroatoms. The van der Waals surface area contributed by atoms with Crippen LogP contribution in [0.25, 0.3) is 11.6 Å². The number of phenolic OH excluding ortho intramolecular Hbond substituents is 1. The van der Waals surface area contributed by atoms with Crippen LogP contribution in [0.15, 0.2) is 84.1 Å². The molecule has 0 unspecified atom stereocenters. The molecule has 0 radical (unpaired) electrons. The lowest BCUT2D eigenvalue weighted by molar-refractivity contribution is -0.122. The molecule has 1 aliphatic carbocycles. The van der Waals surface area contributed by atoms with Gasteiger partial charge in [0.2, 0.25) is 11.8 Å². The van der Waals surface area contributed by atoms with E-state index < -0.39 is 31.0 Å². The van der Waals surface area contributed by atoms with Crippen LogP contribution in [0, 0.1) is 17.8 Å². The number of imide groups is 1. The highest BCUT2D eigenvalue weighted by molar-refractivity contribution is 6.43. The largest absolute Gasteiger partial charge is 0.508 e. The Labute approximate surface area is 249 Å². The molecule has 2 aliphatic heterocycles. The Bertz CT molecular complexity index is 1560. The third-order valence-electron chi connectivity index (χ3n) is 8.50. The molecule has 1 aromatic heterocycles. The normalized spacial score (nSPS) is 24.2. The molecule has 3 N–H and O–H groups in total. The number of aliphatic hydroxyl groups is 1. The van der Waals surface area contributed by atoms with Crippen LogP contribution < -0.4 is 4.90 Å². The molecule has 2 fully saturated rings. The van der Waals surface area contributed by atoms with E-state index >= 15 is 0 Å². The van der Waals surface area contributed by atoms with Crippen LogP contribution in [0.5, 0.6) is 5.75 Å². The number of hydrogen-bond donors (Lipinski definition) is 3. The summed E-state index contributed by atoms with van der Waals surface area (Å²) in [7, 11) is -1.12. The summed E-state index contributed by atoms with van der Waals surface area (Å²) in [5, 5.41) is 31.4. The van der Waals surface area contributed by atoms with Crippen molar-refractivity contribution in [3.8, 4) is 5.75 Å². The summed E-state index contributed by atoms with van der Waals surface area (Å²) in [6.45, 7) is -0.260. The molecule has 4 atom stereocenters. The number of para-hydroxylation sites is 1.